The van der Waals surface area contributed by atoms with Crippen LogP contribution in [0.4, 0.5) is 0 Å². The number of hydrogen-bond donors (Lipinski definition) is 3. The van der Waals surface area contributed by atoms with E-state index in [9.17, 15) is 9.59 Å². The van der Waals surface area contributed by atoms with Crippen LogP contribution >= 0.6 is 0 Å². The zero-order valence-corrected chi connectivity index (χ0v) is 4.57. The van der Waals surface area contributed by atoms with Crippen LogP contribution in [-0.2, 0) is 9.59 Å². The fourth-order valence-corrected chi connectivity index (χ4v) is 0.275. The molecular weight excluding hydrogens is 188 g/mol. The summed E-state index contributed by atoms with van der Waals surface area (Å²) in [7, 11) is 0. The van der Waals surface area contributed by atoms with Crippen LogP contribution in [-0.4, -0.2) is 109 Å². The van der Waals surface area contributed by atoms with E-state index in [1.807, 2.05) is 0 Å². The summed E-state index contributed by atoms with van der Waals surface area (Å²) in [5.74, 6) is -2.50. The first kappa shape index (κ1) is 18.3. The zero-order chi connectivity index (χ0) is 7.44. The zero-order valence-electron chi connectivity index (χ0n) is 4.57. The molecule has 0 fully saturated rings. The van der Waals surface area contributed by atoms with E-state index in [4.69, 9.17) is 15.9 Å². The Bertz CT molecular complexity index is 142. The van der Waals surface area contributed by atoms with Crippen molar-refractivity contribution in [1.29, 1.82) is 0 Å². The van der Waals surface area contributed by atoms with Crippen molar-refractivity contribution in [3.05, 3.63) is 0 Å². The minimum atomic E-state index is -1.29. The van der Waals surface area contributed by atoms with Crippen molar-refractivity contribution in [2.24, 2.45) is 5.73 Å². The molecule has 5 nitrogen and oxygen atoms in total. The van der Waals surface area contributed by atoms with Crippen LogP contribution < -0.4 is 5.73 Å². The molecule has 4 N–H and O–H groups in total. The Labute approximate surface area is 128 Å². The van der Waals surface area contributed by atoms with E-state index in [0.29, 0.717) is 0 Å². The van der Waals surface area contributed by atoms with Gasteiger partial charge in [0.2, 0.25) is 0 Å². The quantitative estimate of drug-likeness (QED) is 0.437. The van der Waals surface area contributed by atoms with Gasteiger partial charge in [0.15, 0.2) is 0 Å². The second-order valence-corrected chi connectivity index (χ2v) is 1.54. The van der Waals surface area contributed by atoms with Crippen molar-refractivity contribution in [1.82, 2.24) is 0 Å². The van der Waals surface area contributed by atoms with Gasteiger partial charge in [-0.05, 0) is 0 Å². The molecule has 11 heavy (non-hydrogen) atoms. The van der Waals surface area contributed by atoms with E-state index < -0.39 is 24.4 Å². The SMILES string of the molecule is N[C@@H](CC(=O)O)C(=O)O.[KH].[NaH]. The molecule has 7 heteroatoms. The third kappa shape index (κ3) is 11.5. The Morgan fingerprint density at radius 3 is 1.82 bits per heavy atom. The molecule has 0 spiro atoms. The Balaban J connectivity index is -0.000000320. The van der Waals surface area contributed by atoms with Gasteiger partial charge in [0.1, 0.15) is 6.04 Å². The van der Waals surface area contributed by atoms with Crippen molar-refractivity contribution in [2.75, 3.05) is 0 Å². The summed E-state index contributed by atoms with van der Waals surface area (Å²) >= 11 is 0. The number of hydrogen-bond acceptors (Lipinski definition) is 3. The molecule has 0 unspecified atom stereocenters. The third-order valence-electron chi connectivity index (χ3n) is 0.712. The van der Waals surface area contributed by atoms with Gasteiger partial charge >= 0.3 is 92.9 Å². The molecule has 0 aliphatic carbocycles. The fourth-order valence-electron chi connectivity index (χ4n) is 0.275. The summed E-state index contributed by atoms with van der Waals surface area (Å²) in [6.45, 7) is 0. The molecule has 1 atom stereocenters. The summed E-state index contributed by atoms with van der Waals surface area (Å²) in [4.78, 5) is 19.6. The maximum absolute atomic E-state index is 9.85. The molecule has 0 aromatic carbocycles. The van der Waals surface area contributed by atoms with Gasteiger partial charge in [-0.25, -0.2) is 0 Å². The van der Waals surface area contributed by atoms with Crippen LogP contribution in [0.25, 0.3) is 0 Å². The molecule has 0 rings (SSSR count). The Hall–Kier alpha value is 1.54. The van der Waals surface area contributed by atoms with E-state index in [-0.39, 0.29) is 80.9 Å². The van der Waals surface area contributed by atoms with Crippen LogP contribution in [0, 0.1) is 0 Å². The van der Waals surface area contributed by atoms with Gasteiger partial charge in [-0.2, -0.15) is 0 Å². The van der Waals surface area contributed by atoms with Crippen molar-refractivity contribution in [2.45, 2.75) is 12.5 Å². The van der Waals surface area contributed by atoms with E-state index in [2.05, 4.69) is 0 Å². The molecule has 56 valence electrons. The molecule has 0 aliphatic heterocycles. The topological polar surface area (TPSA) is 101 Å². The Morgan fingerprint density at radius 1 is 1.36 bits per heavy atom. The monoisotopic (exact) mass is 197 g/mol. The van der Waals surface area contributed by atoms with Gasteiger partial charge in [-0.3, -0.25) is 9.59 Å². The first-order valence-electron chi connectivity index (χ1n) is 2.24. The first-order chi connectivity index (χ1) is 4.04. The average Bonchev–Trinajstić information content (AvgIpc) is 1.63. The number of rotatable bonds is 3. The van der Waals surface area contributed by atoms with E-state index >= 15 is 0 Å². The number of carboxylic acids is 2. The minimum absolute atomic E-state index is 0. The molecular formula is C4H9KNNaO4. The van der Waals surface area contributed by atoms with Crippen molar-refractivity contribution in [3.8, 4) is 0 Å². The molecule has 0 amide bonds. The van der Waals surface area contributed by atoms with E-state index in [1.54, 1.807) is 0 Å². The second-order valence-electron chi connectivity index (χ2n) is 1.54. The predicted octanol–water partition coefficient (Wildman–Crippen LogP) is -2.42. The van der Waals surface area contributed by atoms with Gasteiger partial charge in [-0.15, -0.1) is 0 Å². The van der Waals surface area contributed by atoms with E-state index in [0.717, 1.165) is 0 Å². The van der Waals surface area contributed by atoms with Gasteiger partial charge in [0.25, 0.3) is 0 Å². The molecule has 0 saturated carbocycles. The summed E-state index contributed by atoms with van der Waals surface area (Å²) in [5, 5.41) is 16.0. The van der Waals surface area contributed by atoms with Crippen molar-refractivity contribution in [3.63, 3.8) is 0 Å². The van der Waals surface area contributed by atoms with Crippen LogP contribution in [0.1, 0.15) is 6.42 Å². The van der Waals surface area contributed by atoms with Crippen LogP contribution in [0.5, 0.6) is 0 Å². The molecule has 0 aromatic heterocycles. The standard InChI is InChI=1S/C4H7NO4.K.Na.2H/c5-2(4(8)9)1-3(6)7;;;;/h2H,1,5H2,(H,6,7)(H,8,9);;;;/t2-;;;;/m0..../s1. The van der Waals surface area contributed by atoms with Gasteiger partial charge in [0.05, 0.1) is 6.42 Å². The average molecular weight is 197 g/mol. The van der Waals surface area contributed by atoms with Crippen molar-refractivity contribution >= 4 is 92.9 Å². The van der Waals surface area contributed by atoms with E-state index in [1.165, 1.54) is 0 Å². The van der Waals surface area contributed by atoms with Crippen LogP contribution in [0.3, 0.4) is 0 Å². The van der Waals surface area contributed by atoms with Gasteiger partial charge in [0, 0.05) is 0 Å². The van der Waals surface area contributed by atoms with Gasteiger partial charge < -0.3 is 15.9 Å². The normalized spacial score (nSPS) is 10.3. The molecule has 0 aromatic rings. The molecule has 0 saturated heterocycles. The Morgan fingerprint density at radius 2 is 1.73 bits per heavy atom. The van der Waals surface area contributed by atoms with Crippen LogP contribution in [0.2, 0.25) is 0 Å². The molecule has 0 heterocycles. The van der Waals surface area contributed by atoms with Crippen molar-refractivity contribution < 1.29 is 19.8 Å². The van der Waals surface area contributed by atoms with Crippen LogP contribution in [0.15, 0.2) is 0 Å². The number of nitrogens with two attached hydrogens (primary N) is 1. The molecule has 0 bridgehead atoms. The first-order valence-corrected chi connectivity index (χ1v) is 2.24. The molecule has 0 radical (unpaired) electrons. The summed E-state index contributed by atoms with van der Waals surface area (Å²) in [5.41, 5.74) is 4.84. The Kier molecular flexibility index (Phi) is 16.0. The number of carbonyl (C=O) groups is 2. The summed E-state index contributed by atoms with van der Waals surface area (Å²) in [6, 6.07) is -1.29. The number of carboxylic acid groups (broad SMARTS) is 2. The fraction of sp³-hybridized carbons (Fsp3) is 0.500. The third-order valence-corrected chi connectivity index (χ3v) is 0.712. The summed E-state index contributed by atoms with van der Waals surface area (Å²) < 4.78 is 0. The maximum atomic E-state index is 9.85. The van der Waals surface area contributed by atoms with Gasteiger partial charge in [-0.1, -0.05) is 0 Å². The summed E-state index contributed by atoms with van der Waals surface area (Å²) in [6.07, 6.45) is -0.532. The number of aliphatic carboxylic acids is 2. The molecule has 0 aliphatic rings. The predicted molar refractivity (Wildman–Crippen MR) is 42.2 cm³/mol. The second kappa shape index (κ2) is 9.62.